The molecule has 168 valence electrons. The summed E-state index contributed by atoms with van der Waals surface area (Å²) in [4.78, 5) is 0. The molecule has 0 saturated heterocycles. The van der Waals surface area contributed by atoms with E-state index >= 15 is 0 Å². The Bertz CT molecular complexity index is 721. The lowest BCUT2D eigenvalue weighted by Crippen LogP contribution is -2.54. The number of furan rings is 1. The lowest BCUT2D eigenvalue weighted by molar-refractivity contribution is -0.132. The van der Waals surface area contributed by atoms with E-state index in [4.69, 9.17) is 20.6 Å². The highest BCUT2D eigenvalue weighted by Crippen LogP contribution is 2.69. The molecule has 1 heterocycles. The molecule has 5 rings (SSSR count). The molecule has 0 spiro atoms. The van der Waals surface area contributed by atoms with E-state index in [-0.39, 0.29) is 6.04 Å². The maximum absolute atomic E-state index is 6.19. The van der Waals surface area contributed by atoms with Gasteiger partial charge in [0.2, 0.25) is 0 Å². The number of fused-ring (bicyclic) bond motifs is 5. The van der Waals surface area contributed by atoms with Crippen LogP contribution in [0.25, 0.3) is 0 Å². The van der Waals surface area contributed by atoms with Crippen molar-refractivity contribution in [3.05, 3.63) is 24.2 Å². The smallest absolute Gasteiger partial charge is 0.0937 e. The highest BCUT2D eigenvalue weighted by molar-refractivity contribution is 5.22. The molecule has 0 aliphatic heterocycles. The topological polar surface area (TPSA) is 74.4 Å². The predicted molar refractivity (Wildman–Crippen MR) is 120 cm³/mol. The molecule has 4 heteroatoms. The average Bonchev–Trinajstić information content (AvgIpc) is 3.38. The fourth-order valence-corrected chi connectivity index (χ4v) is 8.72. The second-order valence-corrected chi connectivity index (χ2v) is 11.6. The van der Waals surface area contributed by atoms with Crippen molar-refractivity contribution in [2.45, 2.75) is 89.7 Å². The van der Waals surface area contributed by atoms with Gasteiger partial charge in [-0.15, -0.1) is 0 Å². The number of rotatable bonds is 5. The van der Waals surface area contributed by atoms with Gasteiger partial charge in [-0.2, -0.15) is 0 Å². The van der Waals surface area contributed by atoms with Gasteiger partial charge in [-0.25, -0.2) is 0 Å². The highest BCUT2D eigenvalue weighted by atomic mass is 16.5. The molecule has 4 aliphatic rings. The van der Waals surface area contributed by atoms with Crippen LogP contribution in [0.5, 0.6) is 0 Å². The SMILES string of the molecule is C[C@]12CC[C@H](OCC(N)CN)C[C@H]1CC[C@H]1[C@H]3CC[C@H](c4ccoc4)[C@@]3(C)CC[C@@H]12. The maximum Gasteiger partial charge on any atom is 0.0937 e. The van der Waals surface area contributed by atoms with Crippen LogP contribution in [-0.2, 0) is 4.74 Å². The van der Waals surface area contributed by atoms with Gasteiger partial charge >= 0.3 is 0 Å². The zero-order valence-corrected chi connectivity index (χ0v) is 19.0. The first-order chi connectivity index (χ1) is 14.5. The lowest BCUT2D eigenvalue weighted by atomic mass is 9.44. The van der Waals surface area contributed by atoms with Crippen LogP contribution in [-0.4, -0.2) is 25.3 Å². The molecule has 4 aliphatic carbocycles. The van der Waals surface area contributed by atoms with Crippen molar-refractivity contribution >= 4 is 0 Å². The van der Waals surface area contributed by atoms with Crippen LogP contribution in [0.4, 0.5) is 0 Å². The highest BCUT2D eigenvalue weighted by Gasteiger charge is 2.60. The van der Waals surface area contributed by atoms with E-state index in [1.54, 1.807) is 0 Å². The van der Waals surface area contributed by atoms with Crippen molar-refractivity contribution < 1.29 is 9.15 Å². The molecule has 0 aromatic carbocycles. The summed E-state index contributed by atoms with van der Waals surface area (Å²) in [5.74, 6) is 4.24. The Kier molecular flexibility index (Phi) is 5.56. The summed E-state index contributed by atoms with van der Waals surface area (Å²) in [5.41, 5.74) is 14.1. The minimum Gasteiger partial charge on any atom is -0.472 e. The third-order valence-corrected chi connectivity index (χ3v) is 10.4. The fourth-order valence-electron chi connectivity index (χ4n) is 8.72. The Morgan fingerprint density at radius 1 is 1.07 bits per heavy atom. The fraction of sp³-hybridized carbons (Fsp3) is 0.846. The third-order valence-electron chi connectivity index (χ3n) is 10.4. The van der Waals surface area contributed by atoms with Crippen molar-refractivity contribution in [2.24, 2.45) is 46.0 Å². The molecule has 4 saturated carbocycles. The Morgan fingerprint density at radius 3 is 2.63 bits per heavy atom. The minimum absolute atomic E-state index is 0.0180. The number of hydrogen-bond acceptors (Lipinski definition) is 4. The van der Waals surface area contributed by atoms with Crippen LogP contribution in [0.2, 0.25) is 0 Å². The predicted octanol–water partition coefficient (Wildman–Crippen LogP) is 5.08. The van der Waals surface area contributed by atoms with Gasteiger partial charge in [-0.05, 0) is 110 Å². The summed E-state index contributed by atoms with van der Waals surface area (Å²) in [6, 6.07) is 2.20. The van der Waals surface area contributed by atoms with Gasteiger partial charge in [-0.1, -0.05) is 13.8 Å². The molecule has 30 heavy (non-hydrogen) atoms. The Hall–Kier alpha value is -0.840. The van der Waals surface area contributed by atoms with Crippen molar-refractivity contribution in [3.63, 3.8) is 0 Å². The molecule has 0 bridgehead atoms. The Morgan fingerprint density at radius 2 is 1.87 bits per heavy atom. The molecule has 4 fully saturated rings. The minimum atomic E-state index is -0.0180. The molecular formula is C26H42N2O2. The normalized spacial score (nSPS) is 46.7. The molecule has 0 amide bonds. The summed E-state index contributed by atoms with van der Waals surface area (Å²) in [5, 5.41) is 0. The zero-order valence-electron chi connectivity index (χ0n) is 19.0. The van der Waals surface area contributed by atoms with E-state index in [0.717, 1.165) is 23.7 Å². The first kappa shape index (κ1) is 21.0. The van der Waals surface area contributed by atoms with Crippen LogP contribution >= 0.6 is 0 Å². The first-order valence-corrected chi connectivity index (χ1v) is 12.5. The van der Waals surface area contributed by atoms with Crippen LogP contribution in [0.3, 0.4) is 0 Å². The number of ether oxygens (including phenoxy) is 1. The summed E-state index contributed by atoms with van der Waals surface area (Å²) in [7, 11) is 0. The Balaban J connectivity index is 1.29. The largest absolute Gasteiger partial charge is 0.472 e. The molecule has 9 atom stereocenters. The zero-order chi connectivity index (χ0) is 20.9. The second-order valence-electron chi connectivity index (χ2n) is 11.6. The molecule has 1 aromatic rings. The van der Waals surface area contributed by atoms with Crippen LogP contribution in [0.15, 0.2) is 23.0 Å². The lowest BCUT2D eigenvalue weighted by Gasteiger charge is -2.61. The van der Waals surface area contributed by atoms with Gasteiger partial charge in [0.15, 0.2) is 0 Å². The van der Waals surface area contributed by atoms with E-state index < -0.39 is 0 Å². The van der Waals surface area contributed by atoms with Crippen LogP contribution in [0, 0.1) is 34.5 Å². The van der Waals surface area contributed by atoms with E-state index in [1.807, 2.05) is 12.5 Å². The first-order valence-electron chi connectivity index (χ1n) is 12.5. The molecule has 1 aromatic heterocycles. The molecule has 1 unspecified atom stereocenters. The van der Waals surface area contributed by atoms with Gasteiger partial charge in [0.1, 0.15) is 0 Å². The van der Waals surface area contributed by atoms with Crippen molar-refractivity contribution in [1.29, 1.82) is 0 Å². The van der Waals surface area contributed by atoms with Gasteiger partial charge < -0.3 is 20.6 Å². The van der Waals surface area contributed by atoms with Crippen LogP contribution in [0.1, 0.15) is 83.1 Å². The van der Waals surface area contributed by atoms with Crippen LogP contribution < -0.4 is 11.5 Å². The van der Waals surface area contributed by atoms with E-state index in [2.05, 4.69) is 19.9 Å². The van der Waals surface area contributed by atoms with Gasteiger partial charge in [0.05, 0.1) is 25.2 Å². The van der Waals surface area contributed by atoms with E-state index in [0.29, 0.717) is 36.0 Å². The molecular weight excluding hydrogens is 372 g/mol. The number of nitrogens with two attached hydrogens (primary N) is 2. The summed E-state index contributed by atoms with van der Waals surface area (Å²) in [6.45, 7) is 6.38. The van der Waals surface area contributed by atoms with Gasteiger partial charge in [-0.3, -0.25) is 0 Å². The molecule has 4 nitrogen and oxygen atoms in total. The summed E-state index contributed by atoms with van der Waals surface area (Å²) >= 11 is 0. The average molecular weight is 415 g/mol. The Labute approximate surface area is 182 Å². The second kappa shape index (κ2) is 7.94. The quantitative estimate of drug-likeness (QED) is 0.705. The third kappa shape index (κ3) is 3.29. The van der Waals surface area contributed by atoms with Crippen molar-refractivity contribution in [3.8, 4) is 0 Å². The van der Waals surface area contributed by atoms with Crippen molar-refractivity contribution in [1.82, 2.24) is 0 Å². The van der Waals surface area contributed by atoms with Gasteiger partial charge in [0.25, 0.3) is 0 Å². The molecule has 0 radical (unpaired) electrons. The van der Waals surface area contributed by atoms with Gasteiger partial charge in [0, 0.05) is 12.6 Å². The summed E-state index contributed by atoms with van der Waals surface area (Å²) in [6.07, 6.45) is 16.4. The monoisotopic (exact) mass is 414 g/mol. The molecule has 4 N–H and O–H groups in total. The standard InChI is InChI=1S/C26H42N2O2/c1-25-10-7-20(30-16-19(28)14-27)13-18(25)3-4-21-23-6-5-22(17-9-12-29-15-17)26(23,2)11-8-24(21)25/h9,12,15,18-24H,3-8,10-11,13-14,16,27-28H2,1-2H3/t18-,19?,20+,21+,22-,23-,24+,25+,26-/m1/s1. The number of hydrogen-bond donors (Lipinski definition) is 2. The maximum atomic E-state index is 6.19. The van der Waals surface area contributed by atoms with Crippen molar-refractivity contribution in [2.75, 3.05) is 13.2 Å². The summed E-state index contributed by atoms with van der Waals surface area (Å²) < 4.78 is 11.7. The van der Waals surface area contributed by atoms with E-state index in [9.17, 15) is 0 Å². The van der Waals surface area contributed by atoms with E-state index in [1.165, 1.54) is 63.4 Å².